The van der Waals surface area contributed by atoms with Crippen LogP contribution in [0.15, 0.2) is 30.3 Å². The summed E-state index contributed by atoms with van der Waals surface area (Å²) in [4.78, 5) is 0. The minimum absolute atomic E-state index is 0.343. The van der Waals surface area contributed by atoms with Crippen molar-refractivity contribution >= 4 is 0 Å². The maximum absolute atomic E-state index is 2.31. The summed E-state index contributed by atoms with van der Waals surface area (Å²) >= 11 is 0. The van der Waals surface area contributed by atoms with Crippen LogP contribution in [-0.2, 0) is 5.41 Å². The molecule has 0 aromatic heterocycles. The summed E-state index contributed by atoms with van der Waals surface area (Å²) in [6.45, 7) is 10.9. The zero-order valence-electron chi connectivity index (χ0n) is 10.3. The van der Waals surface area contributed by atoms with E-state index in [-0.39, 0.29) is 0 Å². The molecule has 0 atom stereocenters. The fourth-order valence-corrected chi connectivity index (χ4v) is 1.66. The van der Waals surface area contributed by atoms with Crippen LogP contribution >= 0.6 is 0 Å². The summed E-state index contributed by atoms with van der Waals surface area (Å²) in [5, 5.41) is 0. The zero-order chi connectivity index (χ0) is 11.0. The summed E-state index contributed by atoms with van der Waals surface area (Å²) in [6, 6.07) is 10.7. The van der Waals surface area contributed by atoms with E-state index < -0.39 is 0 Å². The summed E-state index contributed by atoms with van der Waals surface area (Å²) in [5.74, 6) is 0. The SMILES string of the molecule is CC.CCCC(C)(C)c1ccccc1. The van der Waals surface area contributed by atoms with Gasteiger partial charge in [-0.05, 0) is 17.4 Å². The molecule has 0 N–H and O–H groups in total. The number of hydrogen-bond donors (Lipinski definition) is 0. The van der Waals surface area contributed by atoms with Crippen LogP contribution in [0.3, 0.4) is 0 Å². The molecule has 0 aliphatic carbocycles. The molecular weight excluding hydrogens is 168 g/mol. The van der Waals surface area contributed by atoms with Crippen LogP contribution in [0.25, 0.3) is 0 Å². The number of benzene rings is 1. The molecule has 0 fully saturated rings. The molecule has 0 unspecified atom stereocenters. The Labute approximate surface area is 89.4 Å². The lowest BCUT2D eigenvalue weighted by Gasteiger charge is -2.24. The quantitative estimate of drug-likeness (QED) is 0.646. The third-order valence-electron chi connectivity index (χ3n) is 2.43. The summed E-state index contributed by atoms with van der Waals surface area (Å²) in [7, 11) is 0. The summed E-state index contributed by atoms with van der Waals surface area (Å²) < 4.78 is 0. The molecule has 0 nitrogen and oxygen atoms in total. The average molecular weight is 192 g/mol. The lowest BCUT2D eigenvalue weighted by molar-refractivity contribution is 0.473. The first-order valence-corrected chi connectivity index (χ1v) is 5.72. The molecule has 0 heterocycles. The second-order valence-electron chi connectivity index (χ2n) is 4.00. The van der Waals surface area contributed by atoms with Gasteiger partial charge in [0.25, 0.3) is 0 Å². The van der Waals surface area contributed by atoms with E-state index in [9.17, 15) is 0 Å². The standard InChI is InChI=1S/C12H18.C2H6/c1-4-10-12(2,3)11-8-6-5-7-9-11;1-2/h5-9H,4,10H2,1-3H3;1-2H3. The molecule has 0 amide bonds. The van der Waals surface area contributed by atoms with Gasteiger partial charge in [0.1, 0.15) is 0 Å². The van der Waals surface area contributed by atoms with Crippen LogP contribution in [-0.4, -0.2) is 0 Å². The maximum Gasteiger partial charge on any atom is -0.0104 e. The Hall–Kier alpha value is -0.780. The van der Waals surface area contributed by atoms with Gasteiger partial charge in [-0.1, -0.05) is 71.4 Å². The average Bonchev–Trinajstić information content (AvgIpc) is 2.22. The van der Waals surface area contributed by atoms with Crippen molar-refractivity contribution in [3.8, 4) is 0 Å². The normalized spacial score (nSPS) is 10.4. The van der Waals surface area contributed by atoms with Crippen LogP contribution in [0.4, 0.5) is 0 Å². The first kappa shape index (κ1) is 13.2. The van der Waals surface area contributed by atoms with Gasteiger partial charge in [-0.15, -0.1) is 0 Å². The fraction of sp³-hybridized carbons (Fsp3) is 0.571. The third kappa shape index (κ3) is 3.95. The van der Waals surface area contributed by atoms with Crippen molar-refractivity contribution in [3.63, 3.8) is 0 Å². The van der Waals surface area contributed by atoms with E-state index in [4.69, 9.17) is 0 Å². The molecule has 0 aliphatic rings. The van der Waals surface area contributed by atoms with Crippen molar-refractivity contribution < 1.29 is 0 Å². The van der Waals surface area contributed by atoms with E-state index in [0.717, 1.165) is 0 Å². The molecule has 80 valence electrons. The topological polar surface area (TPSA) is 0 Å². The highest BCUT2D eigenvalue weighted by Gasteiger charge is 2.17. The molecular formula is C14H24. The Kier molecular flexibility index (Phi) is 6.27. The molecule has 1 aromatic rings. The van der Waals surface area contributed by atoms with Crippen LogP contribution in [0.2, 0.25) is 0 Å². The van der Waals surface area contributed by atoms with Gasteiger partial charge in [0, 0.05) is 0 Å². The molecule has 0 heteroatoms. The van der Waals surface area contributed by atoms with Crippen LogP contribution < -0.4 is 0 Å². The van der Waals surface area contributed by atoms with Crippen molar-refractivity contribution in [2.75, 3.05) is 0 Å². The van der Waals surface area contributed by atoms with E-state index in [0.29, 0.717) is 5.41 Å². The molecule has 0 saturated carbocycles. The molecule has 1 rings (SSSR count). The van der Waals surface area contributed by atoms with Crippen molar-refractivity contribution in [1.82, 2.24) is 0 Å². The maximum atomic E-state index is 2.31. The highest BCUT2D eigenvalue weighted by molar-refractivity contribution is 5.23. The lowest BCUT2D eigenvalue weighted by atomic mass is 9.81. The Morgan fingerprint density at radius 2 is 1.50 bits per heavy atom. The Balaban J connectivity index is 0.000000791. The van der Waals surface area contributed by atoms with Crippen LogP contribution in [0.5, 0.6) is 0 Å². The van der Waals surface area contributed by atoms with Crippen molar-refractivity contribution in [3.05, 3.63) is 35.9 Å². The van der Waals surface area contributed by atoms with Gasteiger partial charge in [0.2, 0.25) is 0 Å². The minimum Gasteiger partial charge on any atom is -0.0683 e. The molecule has 0 radical (unpaired) electrons. The van der Waals surface area contributed by atoms with E-state index >= 15 is 0 Å². The highest BCUT2D eigenvalue weighted by Crippen LogP contribution is 2.27. The Morgan fingerprint density at radius 3 is 1.93 bits per heavy atom. The molecule has 0 saturated heterocycles. The van der Waals surface area contributed by atoms with Crippen molar-refractivity contribution in [1.29, 1.82) is 0 Å². The van der Waals surface area contributed by atoms with E-state index in [2.05, 4.69) is 51.1 Å². The first-order valence-electron chi connectivity index (χ1n) is 5.72. The monoisotopic (exact) mass is 192 g/mol. The van der Waals surface area contributed by atoms with Crippen molar-refractivity contribution in [2.24, 2.45) is 0 Å². The largest absolute Gasteiger partial charge is 0.0683 e. The predicted octanol–water partition coefficient (Wildman–Crippen LogP) is 4.79. The summed E-state index contributed by atoms with van der Waals surface area (Å²) in [6.07, 6.45) is 2.51. The second kappa shape index (κ2) is 6.64. The van der Waals surface area contributed by atoms with Gasteiger partial charge < -0.3 is 0 Å². The Morgan fingerprint density at radius 1 is 1.00 bits per heavy atom. The number of rotatable bonds is 3. The lowest BCUT2D eigenvalue weighted by Crippen LogP contribution is -2.16. The van der Waals surface area contributed by atoms with Gasteiger partial charge in [0.05, 0.1) is 0 Å². The fourth-order valence-electron chi connectivity index (χ4n) is 1.66. The van der Waals surface area contributed by atoms with E-state index in [1.165, 1.54) is 18.4 Å². The smallest absolute Gasteiger partial charge is 0.0104 e. The van der Waals surface area contributed by atoms with Crippen LogP contribution in [0, 0.1) is 0 Å². The molecule has 14 heavy (non-hydrogen) atoms. The van der Waals surface area contributed by atoms with Gasteiger partial charge in [0.15, 0.2) is 0 Å². The Bertz CT molecular complexity index is 221. The molecule has 1 aromatic carbocycles. The van der Waals surface area contributed by atoms with Gasteiger partial charge >= 0.3 is 0 Å². The third-order valence-corrected chi connectivity index (χ3v) is 2.43. The van der Waals surface area contributed by atoms with Gasteiger partial charge in [-0.25, -0.2) is 0 Å². The highest BCUT2D eigenvalue weighted by atomic mass is 14.2. The van der Waals surface area contributed by atoms with Crippen molar-refractivity contribution in [2.45, 2.75) is 52.9 Å². The second-order valence-corrected chi connectivity index (χ2v) is 4.00. The predicted molar refractivity (Wildman–Crippen MR) is 65.7 cm³/mol. The molecule has 0 aliphatic heterocycles. The summed E-state index contributed by atoms with van der Waals surface area (Å²) in [5.41, 5.74) is 1.79. The molecule has 0 bridgehead atoms. The van der Waals surface area contributed by atoms with E-state index in [1.54, 1.807) is 0 Å². The van der Waals surface area contributed by atoms with Gasteiger partial charge in [-0.3, -0.25) is 0 Å². The zero-order valence-corrected chi connectivity index (χ0v) is 10.3. The minimum atomic E-state index is 0.343. The number of hydrogen-bond acceptors (Lipinski definition) is 0. The van der Waals surface area contributed by atoms with E-state index in [1.807, 2.05) is 13.8 Å². The van der Waals surface area contributed by atoms with Gasteiger partial charge in [-0.2, -0.15) is 0 Å². The van der Waals surface area contributed by atoms with Crippen LogP contribution in [0.1, 0.15) is 53.0 Å². The first-order chi connectivity index (χ1) is 6.67. The molecule has 0 spiro atoms.